The van der Waals surface area contributed by atoms with E-state index in [0.29, 0.717) is 42.3 Å². The van der Waals surface area contributed by atoms with Crippen LogP contribution in [0.1, 0.15) is 49.4 Å². The van der Waals surface area contributed by atoms with Crippen molar-refractivity contribution in [3.05, 3.63) is 143 Å². The predicted molar refractivity (Wildman–Crippen MR) is 158 cm³/mol. The van der Waals surface area contributed by atoms with E-state index < -0.39 is 0 Å². The molecule has 0 radical (unpaired) electrons. The summed E-state index contributed by atoms with van der Waals surface area (Å²) in [6.07, 6.45) is 7.44. The molecule has 4 rings (SSSR count). The Morgan fingerprint density at radius 1 is 0.590 bits per heavy atom. The van der Waals surface area contributed by atoms with Gasteiger partial charge >= 0.3 is 0 Å². The number of ketones is 2. The number of ether oxygens (including phenoxy) is 2. The molecule has 0 heterocycles. The topological polar surface area (TPSA) is 52.6 Å². The van der Waals surface area contributed by atoms with Gasteiger partial charge in [0, 0.05) is 17.5 Å². The van der Waals surface area contributed by atoms with Crippen LogP contribution in [-0.4, -0.2) is 24.8 Å². The van der Waals surface area contributed by atoms with E-state index in [1.54, 1.807) is 36.4 Å². The van der Waals surface area contributed by atoms with Crippen molar-refractivity contribution in [1.29, 1.82) is 0 Å². The van der Waals surface area contributed by atoms with Gasteiger partial charge in [-0.25, -0.2) is 0 Å². The van der Waals surface area contributed by atoms with Crippen LogP contribution in [-0.2, 0) is 0 Å². The van der Waals surface area contributed by atoms with Gasteiger partial charge in [-0.05, 0) is 61.4 Å². The standard InChI is InChI=1S/C35H32O4/c1-26-10-14-28(15-11-26)18-20-34(36)30-6-3-8-32(24-30)38-22-5-23-39-33-9-4-7-31(25-33)35(37)21-19-29-16-12-27(2)13-17-29/h3-4,6-21,24-25H,5,22-23H2,1-2H3/b20-18+,21-19+. The molecule has 0 aliphatic heterocycles. The molecule has 0 aliphatic carbocycles. The Morgan fingerprint density at radius 3 is 1.41 bits per heavy atom. The first-order chi connectivity index (χ1) is 19.0. The molecule has 4 heteroatoms. The van der Waals surface area contributed by atoms with E-state index in [1.807, 2.05) is 98.8 Å². The van der Waals surface area contributed by atoms with E-state index in [4.69, 9.17) is 9.47 Å². The molecule has 0 bridgehead atoms. The summed E-state index contributed by atoms with van der Waals surface area (Å²) in [5, 5.41) is 0. The maximum atomic E-state index is 12.6. The Balaban J connectivity index is 1.22. The first kappa shape index (κ1) is 27.3. The third-order valence-corrected chi connectivity index (χ3v) is 6.07. The molecule has 39 heavy (non-hydrogen) atoms. The second-order valence-corrected chi connectivity index (χ2v) is 9.32. The Morgan fingerprint density at radius 2 is 1.00 bits per heavy atom. The summed E-state index contributed by atoms with van der Waals surface area (Å²) in [5.41, 5.74) is 5.47. The molecule has 196 valence electrons. The maximum Gasteiger partial charge on any atom is 0.185 e. The lowest BCUT2D eigenvalue weighted by Gasteiger charge is -2.09. The largest absolute Gasteiger partial charge is 0.493 e. The van der Waals surface area contributed by atoms with Crippen LogP contribution in [0.3, 0.4) is 0 Å². The van der Waals surface area contributed by atoms with Crippen molar-refractivity contribution in [3.63, 3.8) is 0 Å². The van der Waals surface area contributed by atoms with Crippen molar-refractivity contribution in [2.45, 2.75) is 20.3 Å². The van der Waals surface area contributed by atoms with E-state index in [0.717, 1.165) is 11.1 Å². The summed E-state index contributed by atoms with van der Waals surface area (Å²) in [6, 6.07) is 30.4. The molecule has 4 aromatic carbocycles. The molecule has 0 aliphatic rings. The van der Waals surface area contributed by atoms with Crippen LogP contribution in [0.25, 0.3) is 12.2 Å². The van der Waals surface area contributed by atoms with E-state index >= 15 is 0 Å². The van der Waals surface area contributed by atoms with Gasteiger partial charge in [0.25, 0.3) is 0 Å². The zero-order valence-corrected chi connectivity index (χ0v) is 22.3. The normalized spacial score (nSPS) is 11.1. The summed E-state index contributed by atoms with van der Waals surface area (Å²) in [4.78, 5) is 25.2. The Kier molecular flexibility index (Phi) is 9.63. The number of aryl methyl sites for hydroxylation is 2. The van der Waals surface area contributed by atoms with Gasteiger partial charge in [-0.2, -0.15) is 0 Å². The van der Waals surface area contributed by atoms with Crippen LogP contribution in [0.5, 0.6) is 11.5 Å². The highest BCUT2D eigenvalue weighted by atomic mass is 16.5. The molecule has 0 saturated carbocycles. The fourth-order valence-electron chi connectivity index (χ4n) is 3.81. The molecule has 0 N–H and O–H groups in total. The minimum Gasteiger partial charge on any atom is -0.493 e. The molecule has 0 fully saturated rings. The molecule has 0 amide bonds. The third-order valence-electron chi connectivity index (χ3n) is 6.07. The van der Waals surface area contributed by atoms with Crippen molar-refractivity contribution >= 4 is 23.7 Å². The van der Waals surface area contributed by atoms with E-state index in [1.165, 1.54) is 11.1 Å². The van der Waals surface area contributed by atoms with Crippen molar-refractivity contribution in [2.24, 2.45) is 0 Å². The van der Waals surface area contributed by atoms with Crippen LogP contribution in [0, 0.1) is 13.8 Å². The van der Waals surface area contributed by atoms with Gasteiger partial charge < -0.3 is 9.47 Å². The van der Waals surface area contributed by atoms with Crippen LogP contribution in [0.15, 0.2) is 109 Å². The monoisotopic (exact) mass is 516 g/mol. The molecule has 0 saturated heterocycles. The van der Waals surface area contributed by atoms with Crippen molar-refractivity contribution in [1.82, 2.24) is 0 Å². The lowest BCUT2D eigenvalue weighted by Crippen LogP contribution is -2.06. The maximum absolute atomic E-state index is 12.6. The van der Waals surface area contributed by atoms with Crippen molar-refractivity contribution in [2.75, 3.05) is 13.2 Å². The van der Waals surface area contributed by atoms with E-state index in [-0.39, 0.29) is 11.6 Å². The SMILES string of the molecule is Cc1ccc(/C=C/C(=O)c2cccc(OCCCOc3cccc(C(=O)/C=C/c4ccc(C)cc4)c3)c2)cc1. The summed E-state index contributed by atoms with van der Waals surface area (Å²) >= 11 is 0. The Bertz CT molecular complexity index is 1350. The second-order valence-electron chi connectivity index (χ2n) is 9.32. The summed E-state index contributed by atoms with van der Waals surface area (Å²) < 4.78 is 11.7. The zero-order valence-electron chi connectivity index (χ0n) is 22.3. The van der Waals surface area contributed by atoms with Gasteiger partial charge in [0.05, 0.1) is 13.2 Å². The quantitative estimate of drug-likeness (QED) is 0.109. The molecular weight excluding hydrogens is 484 g/mol. The van der Waals surface area contributed by atoms with Crippen LogP contribution in [0.4, 0.5) is 0 Å². The number of hydrogen-bond acceptors (Lipinski definition) is 4. The minimum absolute atomic E-state index is 0.0764. The fraction of sp³-hybridized carbons (Fsp3) is 0.143. The summed E-state index contributed by atoms with van der Waals surface area (Å²) in [5.74, 6) is 1.12. The number of rotatable bonds is 12. The molecule has 4 aromatic rings. The Labute approximate surface area is 230 Å². The van der Waals surface area contributed by atoms with Gasteiger partial charge in [0.2, 0.25) is 0 Å². The van der Waals surface area contributed by atoms with Crippen LogP contribution < -0.4 is 9.47 Å². The smallest absolute Gasteiger partial charge is 0.185 e. The number of carbonyl (C=O) groups is 2. The first-order valence-electron chi connectivity index (χ1n) is 13.0. The average molecular weight is 517 g/mol. The summed E-state index contributed by atoms with van der Waals surface area (Å²) in [7, 11) is 0. The minimum atomic E-state index is -0.0764. The van der Waals surface area contributed by atoms with Gasteiger partial charge in [-0.15, -0.1) is 0 Å². The predicted octanol–water partition coefficient (Wildman–Crippen LogP) is 7.94. The van der Waals surface area contributed by atoms with Crippen molar-refractivity contribution in [3.8, 4) is 11.5 Å². The highest BCUT2D eigenvalue weighted by Gasteiger charge is 2.06. The molecule has 4 nitrogen and oxygen atoms in total. The number of benzene rings is 4. The van der Waals surface area contributed by atoms with Gasteiger partial charge in [-0.1, -0.05) is 96.1 Å². The van der Waals surface area contributed by atoms with Gasteiger partial charge in [0.1, 0.15) is 11.5 Å². The second kappa shape index (κ2) is 13.7. The highest BCUT2D eigenvalue weighted by molar-refractivity contribution is 6.07. The molecule has 0 unspecified atom stereocenters. The molecule has 0 spiro atoms. The Hall–Kier alpha value is -4.70. The van der Waals surface area contributed by atoms with Crippen molar-refractivity contribution < 1.29 is 19.1 Å². The molecule has 0 atom stereocenters. The number of allylic oxidation sites excluding steroid dienone is 2. The highest BCUT2D eigenvalue weighted by Crippen LogP contribution is 2.17. The van der Waals surface area contributed by atoms with E-state index in [2.05, 4.69) is 0 Å². The summed E-state index contributed by atoms with van der Waals surface area (Å²) in [6.45, 7) is 4.94. The lowest BCUT2D eigenvalue weighted by molar-refractivity contribution is 0.103. The number of hydrogen-bond donors (Lipinski definition) is 0. The molecule has 0 aromatic heterocycles. The van der Waals surface area contributed by atoms with Crippen LogP contribution in [0.2, 0.25) is 0 Å². The molecular formula is C35H32O4. The lowest BCUT2D eigenvalue weighted by atomic mass is 10.1. The first-order valence-corrected chi connectivity index (χ1v) is 13.0. The fourth-order valence-corrected chi connectivity index (χ4v) is 3.81. The van der Waals surface area contributed by atoms with Gasteiger partial charge in [-0.3, -0.25) is 9.59 Å². The van der Waals surface area contributed by atoms with Gasteiger partial charge in [0.15, 0.2) is 11.6 Å². The number of carbonyl (C=O) groups excluding carboxylic acids is 2. The zero-order chi connectivity index (χ0) is 27.5. The van der Waals surface area contributed by atoms with Crippen LogP contribution >= 0.6 is 0 Å². The average Bonchev–Trinajstić information content (AvgIpc) is 2.96. The van der Waals surface area contributed by atoms with E-state index in [9.17, 15) is 9.59 Å². The third kappa shape index (κ3) is 8.68.